The molecule has 0 bridgehead atoms. The molecule has 1 aliphatic heterocycles. The van der Waals surface area contributed by atoms with E-state index in [1.54, 1.807) is 6.07 Å². The summed E-state index contributed by atoms with van der Waals surface area (Å²) in [4.78, 5) is 2.39. The number of aryl methyl sites for hydroxylation is 1. The molecule has 0 amide bonds. The zero-order chi connectivity index (χ0) is 14.7. The summed E-state index contributed by atoms with van der Waals surface area (Å²) in [6.07, 6.45) is 0.776. The Morgan fingerprint density at radius 2 is 2.20 bits per heavy atom. The van der Waals surface area contributed by atoms with Gasteiger partial charge in [-0.05, 0) is 50.5 Å². The summed E-state index contributed by atoms with van der Waals surface area (Å²) < 4.78 is 18.9. The molecule has 1 fully saturated rings. The molecule has 0 saturated carbocycles. The molecule has 1 saturated heterocycles. The van der Waals surface area contributed by atoms with Crippen LogP contribution in [0, 0.1) is 12.7 Å². The van der Waals surface area contributed by atoms with Crippen molar-refractivity contribution in [1.29, 1.82) is 0 Å². The van der Waals surface area contributed by atoms with Crippen LogP contribution in [0.2, 0.25) is 0 Å². The van der Waals surface area contributed by atoms with Crippen molar-refractivity contribution in [1.82, 2.24) is 4.90 Å². The van der Waals surface area contributed by atoms with Crippen LogP contribution >= 0.6 is 0 Å². The van der Waals surface area contributed by atoms with Gasteiger partial charge in [-0.15, -0.1) is 0 Å². The minimum absolute atomic E-state index is 0.0515. The van der Waals surface area contributed by atoms with E-state index < -0.39 is 0 Å². The highest BCUT2D eigenvalue weighted by molar-refractivity contribution is 5.27. The Morgan fingerprint density at radius 3 is 2.85 bits per heavy atom. The van der Waals surface area contributed by atoms with Crippen LogP contribution in [-0.2, 0) is 11.2 Å². The minimum Gasteiger partial charge on any atom is -0.374 e. The summed E-state index contributed by atoms with van der Waals surface area (Å²) in [7, 11) is 0. The number of hydrogen-bond acceptors (Lipinski definition) is 3. The van der Waals surface area contributed by atoms with E-state index in [2.05, 4.69) is 18.7 Å². The number of rotatable bonds is 4. The molecule has 0 aliphatic carbocycles. The third-order valence-electron chi connectivity index (χ3n) is 4.09. The molecule has 1 aromatic rings. The molecule has 1 aromatic carbocycles. The number of nitrogens with two attached hydrogens (primary N) is 1. The Morgan fingerprint density at radius 1 is 1.45 bits per heavy atom. The predicted octanol–water partition coefficient (Wildman–Crippen LogP) is 2.11. The smallest absolute Gasteiger partial charge is 0.123 e. The van der Waals surface area contributed by atoms with Gasteiger partial charge in [-0.1, -0.05) is 6.07 Å². The number of ether oxygens (including phenoxy) is 1. The quantitative estimate of drug-likeness (QED) is 0.918. The molecule has 112 valence electrons. The second-order valence-corrected chi connectivity index (χ2v) is 5.94. The molecule has 1 aliphatic rings. The lowest BCUT2D eigenvalue weighted by Gasteiger charge is -2.38. The van der Waals surface area contributed by atoms with E-state index in [4.69, 9.17) is 10.5 Å². The van der Waals surface area contributed by atoms with Crippen molar-refractivity contribution >= 4 is 0 Å². The topological polar surface area (TPSA) is 38.5 Å². The van der Waals surface area contributed by atoms with Crippen molar-refractivity contribution in [3.63, 3.8) is 0 Å². The summed E-state index contributed by atoms with van der Waals surface area (Å²) in [5.41, 5.74) is 8.36. The zero-order valence-electron chi connectivity index (χ0n) is 12.6. The molecule has 2 N–H and O–H groups in total. The largest absolute Gasteiger partial charge is 0.374 e. The fourth-order valence-electron chi connectivity index (χ4n) is 2.70. The van der Waals surface area contributed by atoms with Gasteiger partial charge in [0.1, 0.15) is 5.82 Å². The highest BCUT2D eigenvalue weighted by Crippen LogP contribution is 2.17. The zero-order valence-corrected chi connectivity index (χ0v) is 12.6. The Bertz CT molecular complexity index is 450. The molecule has 0 aromatic heterocycles. The van der Waals surface area contributed by atoms with Crippen molar-refractivity contribution in [3.8, 4) is 0 Å². The van der Waals surface area contributed by atoms with Gasteiger partial charge in [0.15, 0.2) is 0 Å². The van der Waals surface area contributed by atoms with Crippen LogP contribution in [-0.4, -0.2) is 42.8 Å². The SMILES string of the molecule is Cc1cc(F)ccc1CC(N)C1CN(C(C)C)CCO1. The van der Waals surface area contributed by atoms with Gasteiger partial charge in [0, 0.05) is 25.2 Å². The lowest BCUT2D eigenvalue weighted by molar-refractivity contribution is -0.0495. The molecule has 20 heavy (non-hydrogen) atoms. The van der Waals surface area contributed by atoms with Crippen LogP contribution < -0.4 is 5.73 Å². The molecule has 2 unspecified atom stereocenters. The summed E-state index contributed by atoms with van der Waals surface area (Å²) in [5, 5.41) is 0. The van der Waals surface area contributed by atoms with Crippen LogP contribution in [0.5, 0.6) is 0 Å². The molecule has 1 heterocycles. The first-order valence-electron chi connectivity index (χ1n) is 7.33. The highest BCUT2D eigenvalue weighted by Gasteiger charge is 2.27. The molecular weight excluding hydrogens is 255 g/mol. The lowest BCUT2D eigenvalue weighted by Crippen LogP contribution is -2.53. The van der Waals surface area contributed by atoms with Crippen LogP contribution in [0.15, 0.2) is 18.2 Å². The number of nitrogens with zero attached hydrogens (tertiary/aromatic N) is 1. The van der Waals surface area contributed by atoms with Gasteiger partial charge in [-0.25, -0.2) is 4.39 Å². The number of morpholine rings is 1. The van der Waals surface area contributed by atoms with E-state index in [1.807, 2.05) is 13.0 Å². The average Bonchev–Trinajstić information content (AvgIpc) is 2.42. The first kappa shape index (κ1) is 15.4. The Hall–Kier alpha value is -0.970. The van der Waals surface area contributed by atoms with Crippen molar-refractivity contribution < 1.29 is 9.13 Å². The third-order valence-corrected chi connectivity index (χ3v) is 4.09. The maximum atomic E-state index is 13.1. The first-order chi connectivity index (χ1) is 9.47. The first-order valence-corrected chi connectivity index (χ1v) is 7.33. The summed E-state index contributed by atoms with van der Waals surface area (Å²) in [6, 6.07) is 5.34. The number of halogens is 1. The Balaban J connectivity index is 1.98. The lowest BCUT2D eigenvalue weighted by atomic mass is 9.97. The summed E-state index contributed by atoms with van der Waals surface area (Å²) in [6.45, 7) is 8.89. The number of hydrogen-bond donors (Lipinski definition) is 1. The molecule has 2 atom stereocenters. The fourth-order valence-corrected chi connectivity index (χ4v) is 2.70. The van der Waals surface area contributed by atoms with Gasteiger partial charge in [0.05, 0.1) is 12.7 Å². The maximum absolute atomic E-state index is 13.1. The molecule has 0 radical (unpaired) electrons. The van der Waals surface area contributed by atoms with Crippen molar-refractivity contribution in [3.05, 3.63) is 35.1 Å². The van der Waals surface area contributed by atoms with Gasteiger partial charge in [0.25, 0.3) is 0 Å². The van der Waals surface area contributed by atoms with Crippen molar-refractivity contribution in [2.45, 2.75) is 45.4 Å². The fraction of sp³-hybridized carbons (Fsp3) is 0.625. The molecule has 2 rings (SSSR count). The maximum Gasteiger partial charge on any atom is 0.123 e. The standard InChI is InChI=1S/C16H25FN2O/c1-11(2)19-6-7-20-16(10-19)15(18)9-13-4-5-14(17)8-12(13)3/h4-5,8,11,15-16H,6-7,9-10,18H2,1-3H3. The van der Waals surface area contributed by atoms with Gasteiger partial charge >= 0.3 is 0 Å². The Kier molecular flexibility index (Phi) is 5.13. The van der Waals surface area contributed by atoms with Crippen molar-refractivity contribution in [2.75, 3.05) is 19.7 Å². The van der Waals surface area contributed by atoms with E-state index in [0.29, 0.717) is 6.04 Å². The van der Waals surface area contributed by atoms with Crippen LogP contribution in [0.25, 0.3) is 0 Å². The molecular formula is C16H25FN2O. The third kappa shape index (κ3) is 3.78. The second-order valence-electron chi connectivity index (χ2n) is 5.94. The second kappa shape index (κ2) is 6.66. The highest BCUT2D eigenvalue weighted by atomic mass is 19.1. The van der Waals surface area contributed by atoms with E-state index in [-0.39, 0.29) is 18.0 Å². The average molecular weight is 280 g/mol. The van der Waals surface area contributed by atoms with E-state index in [0.717, 1.165) is 37.2 Å². The monoisotopic (exact) mass is 280 g/mol. The van der Waals surface area contributed by atoms with Gasteiger partial charge in [-0.3, -0.25) is 4.90 Å². The van der Waals surface area contributed by atoms with Crippen LogP contribution in [0.4, 0.5) is 4.39 Å². The summed E-state index contributed by atoms with van der Waals surface area (Å²) in [5.74, 6) is -0.195. The summed E-state index contributed by atoms with van der Waals surface area (Å²) >= 11 is 0. The van der Waals surface area contributed by atoms with Crippen LogP contribution in [0.3, 0.4) is 0 Å². The van der Waals surface area contributed by atoms with Crippen molar-refractivity contribution in [2.24, 2.45) is 5.73 Å². The predicted molar refractivity (Wildman–Crippen MR) is 79.3 cm³/mol. The van der Waals surface area contributed by atoms with E-state index in [1.165, 1.54) is 6.07 Å². The molecule has 4 heteroatoms. The minimum atomic E-state index is -0.195. The van der Waals surface area contributed by atoms with Gasteiger partial charge in [-0.2, -0.15) is 0 Å². The Labute approximate surface area is 120 Å². The number of benzene rings is 1. The molecule has 0 spiro atoms. The van der Waals surface area contributed by atoms with Gasteiger partial charge in [0.2, 0.25) is 0 Å². The van der Waals surface area contributed by atoms with Crippen LogP contribution in [0.1, 0.15) is 25.0 Å². The van der Waals surface area contributed by atoms with E-state index in [9.17, 15) is 4.39 Å². The molecule has 3 nitrogen and oxygen atoms in total. The normalized spacial score (nSPS) is 22.2. The van der Waals surface area contributed by atoms with E-state index >= 15 is 0 Å². The van der Waals surface area contributed by atoms with Gasteiger partial charge < -0.3 is 10.5 Å².